The lowest BCUT2D eigenvalue weighted by Crippen LogP contribution is -2.51. The lowest BCUT2D eigenvalue weighted by atomic mass is 9.84. The van der Waals surface area contributed by atoms with Crippen LogP contribution in [0.25, 0.3) is 10.9 Å². The third kappa shape index (κ3) is 5.48. The highest BCUT2D eigenvalue weighted by Gasteiger charge is 2.31. The van der Waals surface area contributed by atoms with Gasteiger partial charge in [0.25, 0.3) is 5.91 Å². The number of amides is 3. The minimum Gasteiger partial charge on any atom is -0.356 e. The predicted octanol–water partition coefficient (Wildman–Crippen LogP) is 2.46. The van der Waals surface area contributed by atoms with Crippen LogP contribution in [0.5, 0.6) is 0 Å². The molecule has 1 saturated heterocycles. The van der Waals surface area contributed by atoms with E-state index in [1.54, 1.807) is 0 Å². The maximum Gasteiger partial charge on any atom is 0.268 e. The van der Waals surface area contributed by atoms with E-state index in [2.05, 4.69) is 16.0 Å². The van der Waals surface area contributed by atoms with E-state index in [0.29, 0.717) is 37.3 Å². The van der Waals surface area contributed by atoms with Gasteiger partial charge < -0.3 is 25.3 Å². The minimum atomic E-state index is -0.760. The fourth-order valence-corrected chi connectivity index (χ4v) is 5.33. The highest BCUT2D eigenvalue weighted by Crippen LogP contribution is 2.28. The smallest absolute Gasteiger partial charge is 0.268 e. The Hall–Kier alpha value is -3.16. The molecule has 2 fully saturated rings. The van der Waals surface area contributed by atoms with E-state index in [1.807, 2.05) is 41.9 Å². The van der Waals surface area contributed by atoms with Crippen molar-refractivity contribution in [3.63, 3.8) is 0 Å². The molecule has 1 aliphatic heterocycles. The zero-order valence-corrected chi connectivity index (χ0v) is 19.7. The van der Waals surface area contributed by atoms with Crippen molar-refractivity contribution in [1.82, 2.24) is 20.5 Å². The molecule has 1 aromatic heterocycles. The molecule has 3 amide bonds. The number of nitrogens with zero attached hydrogens (tertiary/aromatic N) is 1. The van der Waals surface area contributed by atoms with E-state index in [9.17, 15) is 19.2 Å². The fourth-order valence-electron chi connectivity index (χ4n) is 5.33. The standard InChI is InChI=1S/C26H34N4O4/c1-30-22-10-6-5-9-18(22)15-23(30)26(34)29-21(13-17-7-3-2-4-8-17)25(33)28-20(16-31)14-19-11-12-27-24(19)32/h5-6,9-10,15-17,19-21H,2-4,7-8,11-14H2,1H3,(H,27,32)(H,28,33)(H,29,34)/t19-,20-,21-/m0/s1. The van der Waals surface area contributed by atoms with Crippen LogP contribution in [0.3, 0.4) is 0 Å². The minimum absolute atomic E-state index is 0.0797. The van der Waals surface area contributed by atoms with Crippen LogP contribution in [0.1, 0.15) is 61.9 Å². The first-order chi connectivity index (χ1) is 16.5. The number of hydrogen-bond acceptors (Lipinski definition) is 4. The van der Waals surface area contributed by atoms with Gasteiger partial charge in [0.15, 0.2) is 0 Å². The first-order valence-electron chi connectivity index (χ1n) is 12.3. The highest BCUT2D eigenvalue weighted by molar-refractivity contribution is 6.01. The monoisotopic (exact) mass is 466 g/mol. The van der Waals surface area contributed by atoms with E-state index in [1.165, 1.54) is 6.42 Å². The van der Waals surface area contributed by atoms with E-state index >= 15 is 0 Å². The van der Waals surface area contributed by atoms with E-state index in [-0.39, 0.29) is 30.1 Å². The second-order valence-electron chi connectivity index (χ2n) is 9.68. The molecule has 0 unspecified atom stereocenters. The number of aryl methyl sites for hydroxylation is 1. The van der Waals surface area contributed by atoms with Gasteiger partial charge in [0.2, 0.25) is 11.8 Å². The maximum absolute atomic E-state index is 13.3. The van der Waals surface area contributed by atoms with Gasteiger partial charge in [0, 0.05) is 30.4 Å². The number of rotatable bonds is 9. The van der Waals surface area contributed by atoms with E-state index in [0.717, 1.165) is 36.6 Å². The summed E-state index contributed by atoms with van der Waals surface area (Å²) in [6.45, 7) is 0.592. The Balaban J connectivity index is 1.48. The highest BCUT2D eigenvalue weighted by atomic mass is 16.2. The summed E-state index contributed by atoms with van der Waals surface area (Å²) in [4.78, 5) is 50.1. The molecule has 8 nitrogen and oxygen atoms in total. The van der Waals surface area contributed by atoms with Crippen LogP contribution in [-0.2, 0) is 21.4 Å². The largest absolute Gasteiger partial charge is 0.356 e. The predicted molar refractivity (Wildman–Crippen MR) is 129 cm³/mol. The molecule has 2 heterocycles. The van der Waals surface area contributed by atoms with Crippen molar-refractivity contribution in [3.8, 4) is 0 Å². The average molecular weight is 467 g/mol. The topological polar surface area (TPSA) is 109 Å². The summed E-state index contributed by atoms with van der Waals surface area (Å²) in [5.74, 6) is -0.685. The van der Waals surface area contributed by atoms with Crippen LogP contribution in [-0.4, -0.2) is 47.2 Å². The number of fused-ring (bicyclic) bond motifs is 1. The Morgan fingerprint density at radius 2 is 1.88 bits per heavy atom. The van der Waals surface area contributed by atoms with Gasteiger partial charge in [-0.25, -0.2) is 0 Å². The normalized spacial score (nSPS) is 20.5. The fraction of sp³-hybridized carbons (Fsp3) is 0.538. The van der Waals surface area contributed by atoms with Crippen molar-refractivity contribution < 1.29 is 19.2 Å². The van der Waals surface area contributed by atoms with Crippen LogP contribution in [0.2, 0.25) is 0 Å². The average Bonchev–Trinajstić information content (AvgIpc) is 3.41. The Bertz CT molecular complexity index is 1060. The number of para-hydroxylation sites is 1. The summed E-state index contributed by atoms with van der Waals surface area (Å²) in [5, 5.41) is 9.46. The Labute approximate surface area is 199 Å². The van der Waals surface area contributed by atoms with Crippen molar-refractivity contribution in [1.29, 1.82) is 0 Å². The SMILES string of the molecule is Cn1c(C(=O)N[C@@H](CC2CCCCC2)C(=O)N[C@H](C=O)C[C@@H]2CCNC2=O)cc2ccccc21. The Morgan fingerprint density at radius 3 is 2.56 bits per heavy atom. The van der Waals surface area contributed by atoms with Gasteiger partial charge in [-0.3, -0.25) is 14.4 Å². The molecule has 2 aliphatic rings. The van der Waals surface area contributed by atoms with Gasteiger partial charge in [-0.05, 0) is 37.3 Å². The van der Waals surface area contributed by atoms with Gasteiger partial charge in [-0.2, -0.15) is 0 Å². The maximum atomic E-state index is 13.3. The third-order valence-electron chi connectivity index (χ3n) is 7.29. The summed E-state index contributed by atoms with van der Waals surface area (Å²) in [6, 6.07) is 8.07. The summed E-state index contributed by atoms with van der Waals surface area (Å²) >= 11 is 0. The molecule has 2 aromatic rings. The first-order valence-corrected chi connectivity index (χ1v) is 12.3. The van der Waals surface area contributed by atoms with Crippen LogP contribution < -0.4 is 16.0 Å². The van der Waals surface area contributed by atoms with Crippen LogP contribution in [0.4, 0.5) is 0 Å². The molecule has 182 valence electrons. The summed E-state index contributed by atoms with van der Waals surface area (Å²) in [7, 11) is 1.84. The number of benzene rings is 1. The van der Waals surface area contributed by atoms with Gasteiger partial charge in [0.1, 0.15) is 18.0 Å². The summed E-state index contributed by atoms with van der Waals surface area (Å²) in [5.41, 5.74) is 1.42. The quantitative estimate of drug-likeness (QED) is 0.493. The number of carbonyl (C=O) groups excluding carboxylic acids is 4. The molecule has 1 saturated carbocycles. The molecule has 3 N–H and O–H groups in total. The summed E-state index contributed by atoms with van der Waals surface area (Å²) < 4.78 is 1.83. The molecule has 8 heteroatoms. The molecular formula is C26H34N4O4. The van der Waals surface area contributed by atoms with Gasteiger partial charge in [0.05, 0.1) is 6.04 Å². The van der Waals surface area contributed by atoms with Crippen molar-refractivity contribution in [2.24, 2.45) is 18.9 Å². The van der Waals surface area contributed by atoms with Crippen molar-refractivity contribution >= 4 is 34.9 Å². The zero-order valence-electron chi connectivity index (χ0n) is 19.7. The van der Waals surface area contributed by atoms with Crippen LogP contribution in [0, 0.1) is 11.8 Å². The number of nitrogens with one attached hydrogen (secondary N) is 3. The van der Waals surface area contributed by atoms with Crippen molar-refractivity contribution in [2.75, 3.05) is 6.54 Å². The Kier molecular flexibility index (Phi) is 7.65. The molecule has 0 bridgehead atoms. The van der Waals surface area contributed by atoms with Gasteiger partial charge in [-0.15, -0.1) is 0 Å². The molecule has 0 spiro atoms. The van der Waals surface area contributed by atoms with Crippen LogP contribution in [0.15, 0.2) is 30.3 Å². The molecule has 34 heavy (non-hydrogen) atoms. The number of aromatic nitrogens is 1. The molecule has 3 atom stereocenters. The Morgan fingerprint density at radius 1 is 1.12 bits per heavy atom. The molecule has 0 radical (unpaired) electrons. The van der Waals surface area contributed by atoms with Crippen LogP contribution >= 0.6 is 0 Å². The van der Waals surface area contributed by atoms with E-state index in [4.69, 9.17) is 0 Å². The number of aldehydes is 1. The molecule has 1 aliphatic carbocycles. The number of hydrogen-bond donors (Lipinski definition) is 3. The van der Waals surface area contributed by atoms with Crippen molar-refractivity contribution in [3.05, 3.63) is 36.0 Å². The molecular weight excluding hydrogens is 432 g/mol. The lowest BCUT2D eigenvalue weighted by Gasteiger charge is -2.27. The van der Waals surface area contributed by atoms with Crippen molar-refractivity contribution in [2.45, 2.75) is 63.5 Å². The molecule has 1 aromatic carbocycles. The molecule has 4 rings (SSSR count). The number of carbonyl (C=O) groups is 4. The zero-order chi connectivity index (χ0) is 24.1. The van der Waals surface area contributed by atoms with E-state index < -0.39 is 12.1 Å². The second kappa shape index (κ2) is 10.8. The summed E-state index contributed by atoms with van der Waals surface area (Å²) in [6.07, 6.45) is 7.68. The van der Waals surface area contributed by atoms with Gasteiger partial charge >= 0.3 is 0 Å². The van der Waals surface area contributed by atoms with Gasteiger partial charge in [-0.1, -0.05) is 50.3 Å². The third-order valence-corrected chi connectivity index (χ3v) is 7.29. The second-order valence-corrected chi connectivity index (χ2v) is 9.68. The lowest BCUT2D eigenvalue weighted by molar-refractivity contribution is -0.127. The first kappa shape index (κ1) is 24.0.